The van der Waals surface area contributed by atoms with Gasteiger partial charge in [0.1, 0.15) is 5.54 Å². The Morgan fingerprint density at radius 2 is 1.72 bits per heavy atom. The highest BCUT2D eigenvalue weighted by molar-refractivity contribution is 5.88. The minimum Gasteiger partial charge on any atom is -0.480 e. The number of hydrogen-bond donors (Lipinski definition) is 3. The van der Waals surface area contributed by atoms with Crippen molar-refractivity contribution in [2.24, 2.45) is 5.41 Å². The molecule has 0 heterocycles. The quantitative estimate of drug-likeness (QED) is 0.716. The summed E-state index contributed by atoms with van der Waals surface area (Å²) in [6, 6.07) is -0.346. The van der Waals surface area contributed by atoms with E-state index in [2.05, 4.69) is 17.6 Å². The average molecular weight is 254 g/mol. The van der Waals surface area contributed by atoms with Crippen LogP contribution >= 0.6 is 0 Å². The molecule has 0 aliphatic heterocycles. The molecule has 2 aliphatic rings. The van der Waals surface area contributed by atoms with Crippen molar-refractivity contribution in [3.05, 3.63) is 0 Å². The van der Waals surface area contributed by atoms with Gasteiger partial charge in [0.2, 0.25) is 0 Å². The van der Waals surface area contributed by atoms with Crippen LogP contribution in [-0.2, 0) is 4.79 Å². The van der Waals surface area contributed by atoms with Crippen molar-refractivity contribution < 1.29 is 14.7 Å². The molecule has 0 radical (unpaired) electrons. The number of carboxylic acids is 1. The van der Waals surface area contributed by atoms with Crippen LogP contribution in [0, 0.1) is 5.41 Å². The number of carboxylic acid groups (broad SMARTS) is 1. The van der Waals surface area contributed by atoms with Crippen LogP contribution in [0.4, 0.5) is 4.79 Å². The van der Waals surface area contributed by atoms with E-state index in [9.17, 15) is 9.59 Å². The highest BCUT2D eigenvalue weighted by Crippen LogP contribution is 2.36. The summed E-state index contributed by atoms with van der Waals surface area (Å²) in [6.07, 6.45) is 7.07. The Hall–Kier alpha value is -1.26. The zero-order chi connectivity index (χ0) is 13.2. The van der Waals surface area contributed by atoms with Crippen molar-refractivity contribution in [2.75, 3.05) is 6.54 Å². The maximum absolute atomic E-state index is 11.7. The summed E-state index contributed by atoms with van der Waals surface area (Å²) in [5.74, 6) is -0.929. The number of rotatable bonds is 4. The first-order valence-electron chi connectivity index (χ1n) is 6.75. The van der Waals surface area contributed by atoms with Crippen LogP contribution in [0.1, 0.15) is 51.9 Å². The molecule has 102 valence electrons. The number of carbonyl (C=O) groups is 2. The topological polar surface area (TPSA) is 78.4 Å². The van der Waals surface area contributed by atoms with E-state index in [1.54, 1.807) is 0 Å². The maximum Gasteiger partial charge on any atom is 0.329 e. The molecule has 2 saturated carbocycles. The fraction of sp³-hybridized carbons (Fsp3) is 0.846. The van der Waals surface area contributed by atoms with Gasteiger partial charge < -0.3 is 15.7 Å². The summed E-state index contributed by atoms with van der Waals surface area (Å²) in [5.41, 5.74) is -0.812. The lowest BCUT2D eigenvalue weighted by atomic mass is 9.76. The van der Waals surface area contributed by atoms with Crippen molar-refractivity contribution in [3.8, 4) is 0 Å². The normalized spacial score (nSPS) is 24.1. The Morgan fingerprint density at radius 3 is 2.22 bits per heavy atom. The van der Waals surface area contributed by atoms with Gasteiger partial charge in [0.25, 0.3) is 0 Å². The number of carbonyl (C=O) groups excluding carboxylic acids is 1. The van der Waals surface area contributed by atoms with Gasteiger partial charge in [-0.2, -0.15) is 0 Å². The smallest absolute Gasteiger partial charge is 0.329 e. The van der Waals surface area contributed by atoms with Gasteiger partial charge in [-0.25, -0.2) is 9.59 Å². The van der Waals surface area contributed by atoms with Crippen molar-refractivity contribution in [1.82, 2.24) is 10.6 Å². The van der Waals surface area contributed by atoms with Crippen LogP contribution in [0.2, 0.25) is 0 Å². The van der Waals surface area contributed by atoms with E-state index < -0.39 is 11.5 Å². The first-order valence-corrected chi connectivity index (χ1v) is 6.75. The van der Waals surface area contributed by atoms with Gasteiger partial charge in [0.05, 0.1) is 0 Å². The molecule has 0 bridgehead atoms. The SMILES string of the molecule is CC1(CNC(=O)NC2(C(=O)O)CC2)CCCCC1. The molecule has 2 amide bonds. The molecule has 2 fully saturated rings. The van der Waals surface area contributed by atoms with Gasteiger partial charge in [-0.1, -0.05) is 26.2 Å². The van der Waals surface area contributed by atoms with Gasteiger partial charge in [-0.15, -0.1) is 0 Å². The highest BCUT2D eigenvalue weighted by Gasteiger charge is 2.51. The Kier molecular flexibility index (Phi) is 3.50. The van der Waals surface area contributed by atoms with Gasteiger partial charge >= 0.3 is 12.0 Å². The number of aliphatic carboxylic acids is 1. The van der Waals surface area contributed by atoms with Crippen LogP contribution < -0.4 is 10.6 Å². The predicted octanol–water partition coefficient (Wildman–Crippen LogP) is 1.87. The van der Waals surface area contributed by atoms with E-state index in [4.69, 9.17) is 5.11 Å². The third-order valence-corrected chi connectivity index (χ3v) is 4.25. The number of hydrogen-bond acceptors (Lipinski definition) is 2. The van der Waals surface area contributed by atoms with Crippen LogP contribution in [0.25, 0.3) is 0 Å². The zero-order valence-corrected chi connectivity index (χ0v) is 10.9. The van der Waals surface area contributed by atoms with Crippen LogP contribution in [0.15, 0.2) is 0 Å². The summed E-state index contributed by atoms with van der Waals surface area (Å²) in [4.78, 5) is 22.6. The Bertz CT molecular complexity index is 344. The van der Waals surface area contributed by atoms with Crippen molar-refractivity contribution in [1.29, 1.82) is 0 Å². The summed E-state index contributed by atoms with van der Waals surface area (Å²) in [5, 5.41) is 14.4. The summed E-state index contributed by atoms with van der Waals surface area (Å²) < 4.78 is 0. The molecule has 5 heteroatoms. The Morgan fingerprint density at radius 1 is 1.11 bits per heavy atom. The molecule has 0 unspecified atom stereocenters. The lowest BCUT2D eigenvalue weighted by Gasteiger charge is -2.33. The standard InChI is InChI=1S/C13H22N2O3/c1-12(5-3-2-4-6-12)9-14-11(18)15-13(7-8-13)10(16)17/h2-9H2,1H3,(H,16,17)(H2,14,15,18). The van der Waals surface area contributed by atoms with E-state index in [1.165, 1.54) is 19.3 Å². The molecule has 2 aliphatic carbocycles. The lowest BCUT2D eigenvalue weighted by Crippen LogP contribution is -2.50. The van der Waals surface area contributed by atoms with E-state index in [-0.39, 0.29) is 11.4 Å². The van der Waals surface area contributed by atoms with Gasteiger partial charge in [-0.3, -0.25) is 0 Å². The summed E-state index contributed by atoms with van der Waals surface area (Å²) >= 11 is 0. The molecule has 0 aromatic rings. The lowest BCUT2D eigenvalue weighted by molar-refractivity contribution is -0.140. The third-order valence-electron chi connectivity index (χ3n) is 4.25. The fourth-order valence-corrected chi connectivity index (χ4v) is 2.65. The zero-order valence-electron chi connectivity index (χ0n) is 10.9. The Balaban J connectivity index is 1.76. The van der Waals surface area contributed by atoms with Gasteiger partial charge in [0.15, 0.2) is 0 Å². The second-order valence-corrected chi connectivity index (χ2v) is 6.07. The highest BCUT2D eigenvalue weighted by atomic mass is 16.4. The van der Waals surface area contributed by atoms with E-state index in [0.717, 1.165) is 12.8 Å². The summed E-state index contributed by atoms with van der Waals surface area (Å²) in [7, 11) is 0. The van der Waals surface area contributed by atoms with Crippen LogP contribution in [0.3, 0.4) is 0 Å². The molecule has 5 nitrogen and oxygen atoms in total. The van der Waals surface area contributed by atoms with Crippen LogP contribution in [-0.4, -0.2) is 29.2 Å². The fourth-order valence-electron chi connectivity index (χ4n) is 2.65. The van der Waals surface area contributed by atoms with E-state index in [1.807, 2.05) is 0 Å². The molecule has 0 aromatic carbocycles. The minimum atomic E-state index is -0.989. The third kappa shape index (κ3) is 2.94. The van der Waals surface area contributed by atoms with Gasteiger partial charge in [-0.05, 0) is 31.1 Å². The number of amides is 2. The van der Waals surface area contributed by atoms with Crippen LogP contribution in [0.5, 0.6) is 0 Å². The van der Waals surface area contributed by atoms with Gasteiger partial charge in [0, 0.05) is 6.54 Å². The number of urea groups is 1. The molecule has 18 heavy (non-hydrogen) atoms. The summed E-state index contributed by atoms with van der Waals surface area (Å²) in [6.45, 7) is 2.82. The predicted molar refractivity (Wildman–Crippen MR) is 67.3 cm³/mol. The van der Waals surface area contributed by atoms with Crippen molar-refractivity contribution in [3.63, 3.8) is 0 Å². The minimum absolute atomic E-state index is 0.176. The second-order valence-electron chi connectivity index (χ2n) is 6.07. The molecule has 0 aromatic heterocycles. The molecular formula is C13H22N2O3. The molecule has 0 atom stereocenters. The van der Waals surface area contributed by atoms with E-state index >= 15 is 0 Å². The molecule has 3 N–H and O–H groups in total. The molecule has 2 rings (SSSR count). The van der Waals surface area contributed by atoms with E-state index in [0.29, 0.717) is 19.4 Å². The molecule has 0 saturated heterocycles. The Labute approximate surface area is 107 Å². The monoisotopic (exact) mass is 254 g/mol. The molecular weight excluding hydrogens is 232 g/mol. The second kappa shape index (κ2) is 4.78. The first kappa shape index (κ1) is 13.2. The largest absolute Gasteiger partial charge is 0.480 e. The molecule has 0 spiro atoms. The number of nitrogens with one attached hydrogen (secondary N) is 2. The van der Waals surface area contributed by atoms with Crippen molar-refractivity contribution >= 4 is 12.0 Å². The first-order chi connectivity index (χ1) is 8.46. The average Bonchev–Trinajstić information content (AvgIpc) is 3.09. The van der Waals surface area contributed by atoms with Crippen molar-refractivity contribution in [2.45, 2.75) is 57.4 Å². The maximum atomic E-state index is 11.7.